The molecule has 2 rings (SSSR count). The first-order valence-corrected chi connectivity index (χ1v) is 5.30. The van der Waals surface area contributed by atoms with Crippen LogP contribution >= 0.6 is 0 Å². The van der Waals surface area contributed by atoms with E-state index in [9.17, 15) is 4.79 Å². The molecule has 0 spiro atoms. The first-order valence-electron chi connectivity index (χ1n) is 5.30. The fourth-order valence-electron chi connectivity index (χ4n) is 1.02. The van der Waals surface area contributed by atoms with Crippen molar-refractivity contribution in [2.24, 2.45) is 0 Å². The van der Waals surface area contributed by atoms with Gasteiger partial charge in [-0.1, -0.05) is 39.8 Å². The lowest BCUT2D eigenvalue weighted by Gasteiger charge is -1.91. The van der Waals surface area contributed by atoms with Crippen molar-refractivity contribution in [3.8, 4) is 0 Å². The zero-order chi connectivity index (χ0) is 11.7. The van der Waals surface area contributed by atoms with E-state index in [-0.39, 0.29) is 5.56 Å². The summed E-state index contributed by atoms with van der Waals surface area (Å²) in [5, 5.41) is 0.634. The highest BCUT2D eigenvalue weighted by molar-refractivity contribution is 5.76. The number of aromatic nitrogens is 2. The van der Waals surface area contributed by atoms with E-state index < -0.39 is 0 Å². The molecule has 0 saturated heterocycles. The second-order valence-corrected chi connectivity index (χ2v) is 2.25. The Morgan fingerprint density at radius 1 is 1.07 bits per heavy atom. The molecule has 0 unspecified atom stereocenters. The summed E-state index contributed by atoms with van der Waals surface area (Å²) in [5.41, 5.74) is 0.645. The molecule has 3 nitrogen and oxygen atoms in total. The number of aromatic amines is 1. The lowest BCUT2D eigenvalue weighted by Crippen LogP contribution is -2.05. The number of rotatable bonds is 0. The lowest BCUT2D eigenvalue weighted by atomic mass is 10.2. The van der Waals surface area contributed by atoms with E-state index in [1.165, 1.54) is 6.33 Å². The Hall–Kier alpha value is -1.64. The first-order chi connectivity index (χ1) is 7.38. The summed E-state index contributed by atoms with van der Waals surface area (Å²) < 4.78 is 0. The second kappa shape index (κ2) is 7.74. The van der Waals surface area contributed by atoms with E-state index in [0.717, 1.165) is 5.52 Å². The van der Waals surface area contributed by atoms with Gasteiger partial charge >= 0.3 is 0 Å². The smallest absolute Gasteiger partial charge is 0.258 e. The Labute approximate surface area is 90.2 Å². The van der Waals surface area contributed by atoms with Crippen LogP contribution in [0.15, 0.2) is 35.4 Å². The maximum atomic E-state index is 11.1. The van der Waals surface area contributed by atoms with E-state index in [0.29, 0.717) is 5.39 Å². The van der Waals surface area contributed by atoms with Gasteiger partial charge in [0.15, 0.2) is 0 Å². The van der Waals surface area contributed by atoms with Crippen molar-refractivity contribution in [3.05, 3.63) is 40.9 Å². The third kappa shape index (κ3) is 3.54. The molecule has 0 bridgehead atoms. The Bertz CT molecular complexity index is 429. The molecule has 0 atom stereocenters. The van der Waals surface area contributed by atoms with Crippen LogP contribution in [0.1, 0.15) is 27.7 Å². The van der Waals surface area contributed by atoms with Crippen LogP contribution in [0.25, 0.3) is 10.9 Å². The van der Waals surface area contributed by atoms with Gasteiger partial charge in [-0.15, -0.1) is 0 Å². The van der Waals surface area contributed by atoms with E-state index in [1.807, 2.05) is 45.9 Å². The molecular weight excluding hydrogens is 188 g/mol. The van der Waals surface area contributed by atoms with Gasteiger partial charge in [0, 0.05) is 0 Å². The molecule has 0 amide bonds. The van der Waals surface area contributed by atoms with Gasteiger partial charge in [0.25, 0.3) is 5.56 Å². The molecule has 1 aromatic heterocycles. The van der Waals surface area contributed by atoms with Crippen LogP contribution in [0.2, 0.25) is 0 Å². The number of nitrogens with zero attached hydrogens (tertiary/aromatic N) is 1. The standard InChI is InChI=1S/C8H6N2O.2C2H6/c11-8-6-3-1-2-4-7(6)9-5-10-8;2*1-2/h1-5H,(H,9,10,11);2*1-2H3. The maximum Gasteiger partial charge on any atom is 0.258 e. The van der Waals surface area contributed by atoms with Crippen molar-refractivity contribution in [1.82, 2.24) is 9.97 Å². The summed E-state index contributed by atoms with van der Waals surface area (Å²) in [4.78, 5) is 17.6. The second-order valence-electron chi connectivity index (χ2n) is 2.25. The van der Waals surface area contributed by atoms with Gasteiger partial charge < -0.3 is 4.98 Å². The van der Waals surface area contributed by atoms with Crippen LogP contribution in [0.4, 0.5) is 0 Å². The van der Waals surface area contributed by atoms with Crippen LogP contribution in [-0.2, 0) is 0 Å². The Balaban J connectivity index is 0.000000442. The summed E-state index contributed by atoms with van der Waals surface area (Å²) in [6.07, 6.45) is 1.41. The fourth-order valence-corrected chi connectivity index (χ4v) is 1.02. The third-order valence-corrected chi connectivity index (χ3v) is 1.55. The molecule has 0 radical (unpaired) electrons. The summed E-state index contributed by atoms with van der Waals surface area (Å²) in [7, 11) is 0. The summed E-state index contributed by atoms with van der Waals surface area (Å²) in [6, 6.07) is 7.24. The van der Waals surface area contributed by atoms with Crippen molar-refractivity contribution >= 4 is 10.9 Å². The molecule has 1 heterocycles. The monoisotopic (exact) mass is 206 g/mol. The van der Waals surface area contributed by atoms with Gasteiger partial charge in [-0.2, -0.15) is 0 Å². The normalized spacial score (nSPS) is 8.27. The van der Waals surface area contributed by atoms with E-state index >= 15 is 0 Å². The van der Waals surface area contributed by atoms with Crippen molar-refractivity contribution in [2.45, 2.75) is 27.7 Å². The number of hydrogen-bond donors (Lipinski definition) is 1. The van der Waals surface area contributed by atoms with Crippen molar-refractivity contribution in [2.75, 3.05) is 0 Å². The number of H-pyrrole nitrogens is 1. The maximum absolute atomic E-state index is 11.1. The quantitative estimate of drug-likeness (QED) is 0.720. The topological polar surface area (TPSA) is 45.8 Å². The zero-order valence-electron chi connectivity index (χ0n) is 9.74. The molecule has 15 heavy (non-hydrogen) atoms. The molecule has 0 aliphatic rings. The van der Waals surface area contributed by atoms with Crippen LogP contribution in [0, 0.1) is 0 Å². The van der Waals surface area contributed by atoms with E-state index in [1.54, 1.807) is 6.07 Å². The molecule has 0 fully saturated rings. The first kappa shape index (κ1) is 13.4. The molecule has 2 aromatic rings. The van der Waals surface area contributed by atoms with E-state index in [2.05, 4.69) is 9.97 Å². The van der Waals surface area contributed by atoms with E-state index in [4.69, 9.17) is 0 Å². The number of fused-ring (bicyclic) bond motifs is 1. The molecule has 0 saturated carbocycles. The SMILES string of the molecule is CC.CC.O=c1[nH]cnc2ccccc12. The molecule has 0 aliphatic carbocycles. The highest BCUT2D eigenvalue weighted by atomic mass is 16.1. The predicted molar refractivity (Wildman–Crippen MR) is 65.1 cm³/mol. The lowest BCUT2D eigenvalue weighted by molar-refractivity contribution is 1.17. The van der Waals surface area contributed by atoms with Gasteiger partial charge in [-0.25, -0.2) is 4.98 Å². The minimum absolute atomic E-state index is 0.0874. The minimum atomic E-state index is -0.0874. The fraction of sp³-hybridized carbons (Fsp3) is 0.333. The molecule has 1 aromatic carbocycles. The Morgan fingerprint density at radius 3 is 2.27 bits per heavy atom. The van der Waals surface area contributed by atoms with Crippen molar-refractivity contribution < 1.29 is 0 Å². The van der Waals surface area contributed by atoms with Gasteiger partial charge in [0.1, 0.15) is 0 Å². The van der Waals surface area contributed by atoms with Crippen LogP contribution in [-0.4, -0.2) is 9.97 Å². The van der Waals surface area contributed by atoms with Gasteiger partial charge in [-0.3, -0.25) is 4.79 Å². The highest BCUT2D eigenvalue weighted by Gasteiger charge is 1.94. The Kier molecular flexibility index (Phi) is 6.89. The van der Waals surface area contributed by atoms with Crippen LogP contribution in [0.5, 0.6) is 0 Å². The molecule has 82 valence electrons. The largest absolute Gasteiger partial charge is 0.313 e. The average molecular weight is 206 g/mol. The molecule has 3 heteroatoms. The summed E-state index contributed by atoms with van der Waals surface area (Å²) in [5.74, 6) is 0. The van der Waals surface area contributed by atoms with Gasteiger partial charge in [0.05, 0.1) is 17.2 Å². The highest BCUT2D eigenvalue weighted by Crippen LogP contribution is 2.02. The van der Waals surface area contributed by atoms with Crippen molar-refractivity contribution in [1.29, 1.82) is 0 Å². The Morgan fingerprint density at radius 2 is 1.67 bits per heavy atom. The summed E-state index contributed by atoms with van der Waals surface area (Å²) in [6.45, 7) is 8.00. The summed E-state index contributed by atoms with van der Waals surface area (Å²) >= 11 is 0. The average Bonchev–Trinajstić information content (AvgIpc) is 2.35. The molecule has 1 N–H and O–H groups in total. The number of benzene rings is 1. The number of nitrogens with one attached hydrogen (secondary N) is 1. The molecule has 0 aliphatic heterocycles. The zero-order valence-corrected chi connectivity index (χ0v) is 9.74. The number of hydrogen-bond acceptors (Lipinski definition) is 2. The van der Waals surface area contributed by atoms with Gasteiger partial charge in [-0.05, 0) is 12.1 Å². The predicted octanol–water partition coefficient (Wildman–Crippen LogP) is 2.98. The van der Waals surface area contributed by atoms with Crippen molar-refractivity contribution in [3.63, 3.8) is 0 Å². The van der Waals surface area contributed by atoms with Crippen LogP contribution in [0.3, 0.4) is 0 Å². The minimum Gasteiger partial charge on any atom is -0.313 e. The van der Waals surface area contributed by atoms with Gasteiger partial charge in [0.2, 0.25) is 0 Å². The third-order valence-electron chi connectivity index (χ3n) is 1.55. The number of para-hydroxylation sites is 1. The molecular formula is C12H18N2O. The van der Waals surface area contributed by atoms with Crippen LogP contribution < -0.4 is 5.56 Å².